The molecule has 5 rings (SSSR count). The Labute approximate surface area is 209 Å². The molecule has 2 saturated heterocycles. The van der Waals surface area contributed by atoms with Gasteiger partial charge in [0.05, 0.1) is 36.1 Å². The minimum atomic E-state index is -3.56. The van der Waals surface area contributed by atoms with Crippen LogP contribution in [0, 0.1) is 6.92 Å². The number of nitrogens with two attached hydrogens (primary N) is 1. The summed E-state index contributed by atoms with van der Waals surface area (Å²) in [5.41, 5.74) is 3.38. The van der Waals surface area contributed by atoms with Crippen molar-refractivity contribution in [1.82, 2.24) is 14.3 Å². The van der Waals surface area contributed by atoms with Crippen molar-refractivity contribution in [3.8, 4) is 11.4 Å². The van der Waals surface area contributed by atoms with Crippen LogP contribution in [0.25, 0.3) is 11.4 Å². The SMILES string of the molecule is Cc1cccc(-c2nc3c(c(N4CCOCC4)n2)SC(S(=O)(=O)N2CCC(O)CC2)C3)c1/C=N\N. The highest BCUT2D eigenvalue weighted by molar-refractivity contribution is 8.13. The first-order valence-corrected chi connectivity index (χ1v) is 14.2. The zero-order valence-electron chi connectivity index (χ0n) is 19.6. The maximum Gasteiger partial charge on any atom is 0.227 e. The first kappa shape index (κ1) is 24.4. The van der Waals surface area contributed by atoms with Crippen molar-refractivity contribution in [2.75, 3.05) is 44.3 Å². The van der Waals surface area contributed by atoms with Gasteiger partial charge in [-0.2, -0.15) is 5.10 Å². The van der Waals surface area contributed by atoms with Gasteiger partial charge in [-0.1, -0.05) is 30.0 Å². The van der Waals surface area contributed by atoms with Gasteiger partial charge in [0, 0.05) is 43.7 Å². The standard InChI is InChI=1S/C23H30N6O4S2/c1-15-3-2-4-17(18(15)14-25-24)22-26-19-13-20(35(31,32)29-7-5-16(30)6-8-29)34-21(19)23(27-22)28-9-11-33-12-10-28/h2-4,14,16,20,30H,5-13,24H2,1H3/b25-14-. The van der Waals surface area contributed by atoms with Gasteiger partial charge in [0.2, 0.25) is 10.0 Å². The van der Waals surface area contributed by atoms with Crippen LogP contribution in [0.3, 0.4) is 0 Å². The van der Waals surface area contributed by atoms with Gasteiger partial charge in [-0.25, -0.2) is 22.7 Å². The predicted molar refractivity (Wildman–Crippen MR) is 136 cm³/mol. The maximum absolute atomic E-state index is 13.5. The van der Waals surface area contributed by atoms with E-state index in [0.717, 1.165) is 33.1 Å². The van der Waals surface area contributed by atoms with Crippen LogP contribution in [-0.2, 0) is 21.2 Å². The van der Waals surface area contributed by atoms with Crippen LogP contribution >= 0.6 is 11.8 Å². The molecular weight excluding hydrogens is 488 g/mol. The molecule has 2 fully saturated rings. The van der Waals surface area contributed by atoms with Crippen LogP contribution in [-0.4, -0.2) is 84.1 Å². The van der Waals surface area contributed by atoms with Crippen LogP contribution in [0.1, 0.15) is 29.7 Å². The molecule has 0 spiro atoms. The average molecular weight is 519 g/mol. The predicted octanol–water partition coefficient (Wildman–Crippen LogP) is 1.34. The molecule has 1 atom stereocenters. The maximum atomic E-state index is 13.5. The number of piperidine rings is 1. The van der Waals surface area contributed by atoms with E-state index < -0.39 is 20.7 Å². The highest BCUT2D eigenvalue weighted by atomic mass is 32.3. The number of ether oxygens (including phenoxy) is 1. The molecule has 4 heterocycles. The lowest BCUT2D eigenvalue weighted by Gasteiger charge is -2.31. The molecule has 0 bridgehead atoms. The van der Waals surface area contributed by atoms with E-state index in [1.807, 2.05) is 25.1 Å². The van der Waals surface area contributed by atoms with Gasteiger partial charge in [-0.3, -0.25) is 0 Å². The smallest absolute Gasteiger partial charge is 0.227 e. The quantitative estimate of drug-likeness (QED) is 0.342. The fourth-order valence-corrected chi connectivity index (χ4v) is 8.34. The summed E-state index contributed by atoms with van der Waals surface area (Å²) in [4.78, 5) is 12.8. The van der Waals surface area contributed by atoms with Crippen molar-refractivity contribution in [2.24, 2.45) is 10.9 Å². The molecule has 35 heavy (non-hydrogen) atoms. The van der Waals surface area contributed by atoms with Crippen LogP contribution in [0.15, 0.2) is 28.2 Å². The number of nitrogens with zero attached hydrogens (tertiary/aromatic N) is 5. The van der Waals surface area contributed by atoms with E-state index >= 15 is 0 Å². The van der Waals surface area contributed by atoms with E-state index in [0.29, 0.717) is 64.5 Å². The molecule has 188 valence electrons. The van der Waals surface area contributed by atoms with E-state index in [-0.39, 0.29) is 0 Å². The van der Waals surface area contributed by atoms with E-state index in [1.165, 1.54) is 16.1 Å². The number of benzene rings is 1. The molecule has 3 aliphatic heterocycles. The monoisotopic (exact) mass is 518 g/mol. The number of anilines is 1. The molecule has 2 aromatic rings. The summed E-state index contributed by atoms with van der Waals surface area (Å²) < 4.78 is 33.4. The fraction of sp³-hybridized carbons (Fsp3) is 0.522. The number of hydrogen-bond donors (Lipinski definition) is 2. The number of fused-ring (bicyclic) bond motifs is 1. The Balaban J connectivity index is 1.55. The van der Waals surface area contributed by atoms with Gasteiger partial charge in [0.25, 0.3) is 0 Å². The van der Waals surface area contributed by atoms with E-state index in [9.17, 15) is 13.5 Å². The van der Waals surface area contributed by atoms with Crippen molar-refractivity contribution in [2.45, 2.75) is 41.8 Å². The van der Waals surface area contributed by atoms with Crippen molar-refractivity contribution >= 4 is 33.8 Å². The molecule has 0 aliphatic carbocycles. The topological polar surface area (TPSA) is 134 Å². The second-order valence-electron chi connectivity index (χ2n) is 8.99. The van der Waals surface area contributed by atoms with E-state index in [2.05, 4.69) is 10.0 Å². The number of aliphatic hydroxyl groups excluding tert-OH is 1. The summed E-state index contributed by atoms with van der Waals surface area (Å²) in [5, 5.41) is 13.5. The zero-order valence-corrected chi connectivity index (χ0v) is 21.3. The van der Waals surface area contributed by atoms with E-state index in [1.54, 1.807) is 6.21 Å². The van der Waals surface area contributed by atoms with Crippen molar-refractivity contribution in [3.63, 3.8) is 0 Å². The zero-order chi connectivity index (χ0) is 24.6. The highest BCUT2D eigenvalue weighted by Gasteiger charge is 2.41. The molecule has 0 radical (unpaired) electrons. The summed E-state index contributed by atoms with van der Waals surface area (Å²) in [5.74, 6) is 6.76. The lowest BCUT2D eigenvalue weighted by molar-refractivity contribution is 0.113. The Kier molecular flexibility index (Phi) is 6.99. The molecule has 3 aliphatic rings. The van der Waals surface area contributed by atoms with Crippen LogP contribution in [0.2, 0.25) is 0 Å². The Hall–Kier alpha value is -2.25. The van der Waals surface area contributed by atoms with Crippen molar-refractivity contribution < 1.29 is 18.3 Å². The Morgan fingerprint density at radius 1 is 1.20 bits per heavy atom. The molecule has 0 amide bonds. The molecular formula is C23H30N6O4S2. The summed E-state index contributed by atoms with van der Waals surface area (Å²) in [7, 11) is -3.56. The number of rotatable bonds is 5. The lowest BCUT2D eigenvalue weighted by Crippen LogP contribution is -2.43. The van der Waals surface area contributed by atoms with Crippen LogP contribution in [0.4, 0.5) is 5.82 Å². The molecule has 3 N–H and O–H groups in total. The molecule has 1 aromatic carbocycles. The Bertz CT molecular complexity index is 1220. The number of hydrazone groups is 1. The number of morpholine rings is 1. The van der Waals surface area contributed by atoms with Gasteiger partial charge >= 0.3 is 0 Å². The first-order chi connectivity index (χ1) is 16.9. The van der Waals surface area contributed by atoms with Crippen molar-refractivity contribution in [1.29, 1.82) is 0 Å². The molecule has 12 heteroatoms. The molecule has 10 nitrogen and oxygen atoms in total. The number of aliphatic hydroxyl groups is 1. The highest BCUT2D eigenvalue weighted by Crippen LogP contribution is 2.45. The third-order valence-electron chi connectivity index (χ3n) is 6.72. The van der Waals surface area contributed by atoms with Crippen molar-refractivity contribution in [3.05, 3.63) is 35.0 Å². The third kappa shape index (κ3) is 4.77. The number of hydrogen-bond acceptors (Lipinski definition) is 10. The van der Waals surface area contributed by atoms with Crippen LogP contribution in [0.5, 0.6) is 0 Å². The number of aryl methyl sites for hydroxylation is 1. The largest absolute Gasteiger partial charge is 0.393 e. The van der Waals surface area contributed by atoms with E-state index in [4.69, 9.17) is 20.5 Å². The molecule has 1 unspecified atom stereocenters. The minimum absolute atomic E-state index is 0.306. The van der Waals surface area contributed by atoms with Crippen LogP contribution < -0.4 is 10.7 Å². The second kappa shape index (κ2) is 10.0. The number of aromatic nitrogens is 2. The number of sulfonamides is 1. The molecule has 1 aromatic heterocycles. The summed E-state index contributed by atoms with van der Waals surface area (Å²) in [6, 6.07) is 5.85. The average Bonchev–Trinajstić information content (AvgIpc) is 3.31. The fourth-order valence-electron chi connectivity index (χ4n) is 4.73. The van der Waals surface area contributed by atoms with Gasteiger partial charge in [-0.15, -0.1) is 0 Å². The summed E-state index contributed by atoms with van der Waals surface area (Å²) in [6.07, 6.45) is 2.40. The summed E-state index contributed by atoms with van der Waals surface area (Å²) in [6.45, 7) is 5.19. The van der Waals surface area contributed by atoms with Gasteiger partial charge in [0.15, 0.2) is 5.82 Å². The number of thioether (sulfide) groups is 1. The lowest BCUT2D eigenvalue weighted by atomic mass is 10.0. The third-order valence-corrected chi connectivity index (χ3v) is 10.7. The van der Waals surface area contributed by atoms with Gasteiger partial charge < -0.3 is 20.6 Å². The Morgan fingerprint density at radius 2 is 1.94 bits per heavy atom. The normalized spacial score (nSPS) is 22.1. The first-order valence-electron chi connectivity index (χ1n) is 11.8. The Morgan fingerprint density at radius 3 is 2.66 bits per heavy atom. The second-order valence-corrected chi connectivity index (χ2v) is 12.6. The minimum Gasteiger partial charge on any atom is -0.393 e. The summed E-state index contributed by atoms with van der Waals surface area (Å²) >= 11 is 1.33. The van der Waals surface area contributed by atoms with Gasteiger partial charge in [0.1, 0.15) is 10.4 Å². The molecule has 0 saturated carbocycles. The van der Waals surface area contributed by atoms with Gasteiger partial charge in [-0.05, 0) is 25.3 Å².